The first-order valence-electron chi connectivity index (χ1n) is 6.77. The number of methoxy groups -OCH3 is 2. The topological polar surface area (TPSA) is 59.9 Å². The van der Waals surface area contributed by atoms with Gasteiger partial charge in [-0.05, 0) is 55.0 Å². The maximum Gasteiger partial charge on any atom is 0.271 e. The van der Waals surface area contributed by atoms with Crippen LogP contribution in [0.1, 0.15) is 22.8 Å². The predicted octanol–water partition coefficient (Wildman–Crippen LogP) is 2.86. The summed E-state index contributed by atoms with van der Waals surface area (Å²) in [6.45, 7) is 1.83. The van der Waals surface area contributed by atoms with Gasteiger partial charge in [-0.2, -0.15) is 5.10 Å². The summed E-state index contributed by atoms with van der Waals surface area (Å²) in [5.74, 6) is 1.12. The van der Waals surface area contributed by atoms with Gasteiger partial charge in [0.1, 0.15) is 11.5 Å². The van der Waals surface area contributed by atoms with Crippen molar-refractivity contribution in [2.24, 2.45) is 5.10 Å². The van der Waals surface area contributed by atoms with Crippen molar-refractivity contribution < 1.29 is 14.3 Å². The fourth-order valence-corrected chi connectivity index (χ4v) is 1.86. The van der Waals surface area contributed by atoms with Gasteiger partial charge < -0.3 is 9.47 Å². The number of nitrogens with zero attached hydrogens (tertiary/aromatic N) is 1. The average Bonchev–Trinajstić information content (AvgIpc) is 2.59. The highest BCUT2D eigenvalue weighted by atomic mass is 16.5. The SMILES string of the molecule is COc1ccc(C(C)=NNC(=O)c2cccc(OC)c2)cc1. The molecule has 1 N–H and O–H groups in total. The first-order valence-corrected chi connectivity index (χ1v) is 6.77. The summed E-state index contributed by atoms with van der Waals surface area (Å²) in [5, 5.41) is 4.12. The van der Waals surface area contributed by atoms with Crippen molar-refractivity contribution in [3.8, 4) is 11.5 Å². The molecule has 2 rings (SSSR count). The van der Waals surface area contributed by atoms with E-state index in [1.807, 2.05) is 31.2 Å². The third-order valence-electron chi connectivity index (χ3n) is 3.16. The third-order valence-corrected chi connectivity index (χ3v) is 3.16. The number of benzene rings is 2. The second kappa shape index (κ2) is 7.26. The van der Waals surface area contributed by atoms with Crippen LogP contribution in [0.4, 0.5) is 0 Å². The number of rotatable bonds is 5. The number of amides is 1. The van der Waals surface area contributed by atoms with E-state index in [1.165, 1.54) is 0 Å². The Morgan fingerprint density at radius 2 is 1.64 bits per heavy atom. The Hall–Kier alpha value is -2.82. The number of nitrogens with one attached hydrogen (secondary N) is 1. The fraction of sp³-hybridized carbons (Fsp3) is 0.176. The zero-order valence-corrected chi connectivity index (χ0v) is 12.8. The molecule has 2 aromatic rings. The number of ether oxygens (including phenoxy) is 2. The molecule has 0 unspecified atom stereocenters. The van der Waals surface area contributed by atoms with E-state index in [-0.39, 0.29) is 5.91 Å². The van der Waals surface area contributed by atoms with Crippen LogP contribution in [0.25, 0.3) is 0 Å². The molecule has 2 aromatic carbocycles. The van der Waals surface area contributed by atoms with E-state index in [2.05, 4.69) is 10.5 Å². The lowest BCUT2D eigenvalue weighted by Gasteiger charge is -2.05. The molecular weight excluding hydrogens is 280 g/mol. The lowest BCUT2D eigenvalue weighted by atomic mass is 10.1. The van der Waals surface area contributed by atoms with Crippen molar-refractivity contribution in [2.75, 3.05) is 14.2 Å². The Bertz CT molecular complexity index is 679. The van der Waals surface area contributed by atoms with Crippen LogP contribution in [0.3, 0.4) is 0 Å². The molecule has 0 aliphatic heterocycles. The number of carbonyl (C=O) groups excluding carboxylic acids is 1. The minimum absolute atomic E-state index is 0.285. The Balaban J connectivity index is 2.07. The van der Waals surface area contributed by atoms with E-state index in [1.54, 1.807) is 38.5 Å². The van der Waals surface area contributed by atoms with Gasteiger partial charge in [0, 0.05) is 5.56 Å². The smallest absolute Gasteiger partial charge is 0.271 e. The highest BCUT2D eigenvalue weighted by Gasteiger charge is 2.06. The fourth-order valence-electron chi connectivity index (χ4n) is 1.86. The molecule has 0 saturated carbocycles. The van der Waals surface area contributed by atoms with Gasteiger partial charge in [-0.15, -0.1) is 0 Å². The van der Waals surface area contributed by atoms with Gasteiger partial charge in [-0.1, -0.05) is 6.07 Å². The van der Waals surface area contributed by atoms with Gasteiger partial charge in [0.15, 0.2) is 0 Å². The highest BCUT2D eigenvalue weighted by Crippen LogP contribution is 2.13. The summed E-state index contributed by atoms with van der Waals surface area (Å²) >= 11 is 0. The number of carbonyl (C=O) groups is 1. The van der Waals surface area contributed by atoms with Crippen molar-refractivity contribution in [3.63, 3.8) is 0 Å². The average molecular weight is 298 g/mol. The van der Waals surface area contributed by atoms with E-state index in [0.29, 0.717) is 17.0 Å². The molecule has 0 radical (unpaired) electrons. The second-order valence-electron chi connectivity index (χ2n) is 4.60. The molecule has 0 saturated heterocycles. The summed E-state index contributed by atoms with van der Waals surface area (Å²) in [6.07, 6.45) is 0. The second-order valence-corrected chi connectivity index (χ2v) is 4.60. The van der Waals surface area contributed by atoms with Crippen LogP contribution in [0.2, 0.25) is 0 Å². The molecule has 5 heteroatoms. The Morgan fingerprint density at radius 3 is 2.27 bits per heavy atom. The van der Waals surface area contributed by atoms with Crippen LogP contribution in [0.5, 0.6) is 11.5 Å². The molecular formula is C17H18N2O3. The zero-order chi connectivity index (χ0) is 15.9. The summed E-state index contributed by atoms with van der Waals surface area (Å²) < 4.78 is 10.2. The van der Waals surface area contributed by atoms with Gasteiger partial charge in [-0.25, -0.2) is 5.43 Å². The summed E-state index contributed by atoms with van der Waals surface area (Å²) in [6, 6.07) is 14.4. The molecule has 0 aliphatic carbocycles. The molecule has 0 atom stereocenters. The first kappa shape index (κ1) is 15.6. The minimum atomic E-state index is -0.285. The maximum absolute atomic E-state index is 12.1. The van der Waals surface area contributed by atoms with Crippen molar-refractivity contribution in [1.82, 2.24) is 5.43 Å². The van der Waals surface area contributed by atoms with Crippen molar-refractivity contribution in [3.05, 3.63) is 59.7 Å². The summed E-state index contributed by atoms with van der Waals surface area (Å²) in [4.78, 5) is 12.1. The molecule has 0 aromatic heterocycles. The Kier molecular flexibility index (Phi) is 5.14. The van der Waals surface area contributed by atoms with Crippen LogP contribution in [0.15, 0.2) is 53.6 Å². The van der Waals surface area contributed by atoms with E-state index in [9.17, 15) is 4.79 Å². The lowest BCUT2D eigenvalue weighted by molar-refractivity contribution is 0.0954. The van der Waals surface area contributed by atoms with E-state index in [4.69, 9.17) is 9.47 Å². The molecule has 0 fully saturated rings. The van der Waals surface area contributed by atoms with Crippen molar-refractivity contribution >= 4 is 11.6 Å². The predicted molar refractivity (Wildman–Crippen MR) is 85.7 cm³/mol. The highest BCUT2D eigenvalue weighted by molar-refractivity contribution is 6.01. The van der Waals surface area contributed by atoms with Gasteiger partial charge in [0.05, 0.1) is 19.9 Å². The van der Waals surface area contributed by atoms with Gasteiger partial charge >= 0.3 is 0 Å². The number of hydrogen-bond donors (Lipinski definition) is 1. The van der Waals surface area contributed by atoms with Gasteiger partial charge in [0.2, 0.25) is 0 Å². The summed E-state index contributed by atoms with van der Waals surface area (Å²) in [5.41, 5.74) is 4.65. The Labute approximate surface area is 129 Å². The van der Waals surface area contributed by atoms with E-state index >= 15 is 0 Å². The van der Waals surface area contributed by atoms with E-state index in [0.717, 1.165) is 11.3 Å². The largest absolute Gasteiger partial charge is 0.497 e. The number of hydrogen-bond acceptors (Lipinski definition) is 4. The van der Waals surface area contributed by atoms with Crippen LogP contribution in [-0.2, 0) is 0 Å². The first-order chi connectivity index (χ1) is 10.6. The van der Waals surface area contributed by atoms with Crippen molar-refractivity contribution in [1.29, 1.82) is 0 Å². The van der Waals surface area contributed by atoms with Crippen LogP contribution < -0.4 is 14.9 Å². The maximum atomic E-state index is 12.1. The number of hydrazone groups is 1. The zero-order valence-electron chi connectivity index (χ0n) is 12.8. The Morgan fingerprint density at radius 1 is 0.955 bits per heavy atom. The molecule has 0 heterocycles. The monoisotopic (exact) mass is 298 g/mol. The lowest BCUT2D eigenvalue weighted by Crippen LogP contribution is -2.19. The van der Waals surface area contributed by atoms with E-state index < -0.39 is 0 Å². The quantitative estimate of drug-likeness (QED) is 0.682. The molecule has 114 valence electrons. The molecule has 5 nitrogen and oxygen atoms in total. The molecule has 0 bridgehead atoms. The minimum Gasteiger partial charge on any atom is -0.497 e. The van der Waals surface area contributed by atoms with Crippen molar-refractivity contribution in [2.45, 2.75) is 6.92 Å². The third kappa shape index (κ3) is 3.85. The van der Waals surface area contributed by atoms with Gasteiger partial charge in [-0.3, -0.25) is 4.79 Å². The summed E-state index contributed by atoms with van der Waals surface area (Å²) in [7, 11) is 3.17. The van der Waals surface area contributed by atoms with Crippen LogP contribution in [-0.4, -0.2) is 25.8 Å². The molecule has 0 spiro atoms. The van der Waals surface area contributed by atoms with Gasteiger partial charge in [0.25, 0.3) is 5.91 Å². The normalized spacial score (nSPS) is 11.0. The molecule has 0 aliphatic rings. The van der Waals surface area contributed by atoms with Crippen LogP contribution >= 0.6 is 0 Å². The molecule has 22 heavy (non-hydrogen) atoms. The van der Waals surface area contributed by atoms with Crippen LogP contribution in [0, 0.1) is 0 Å². The molecule has 1 amide bonds. The standard InChI is InChI=1S/C17H18N2O3/c1-12(13-7-9-15(21-2)10-8-13)18-19-17(20)14-5-4-6-16(11-14)22-3/h4-11H,1-3H3,(H,19,20).